The normalized spacial score (nSPS) is 12.7. The Bertz CT molecular complexity index is 357. The van der Waals surface area contributed by atoms with Gasteiger partial charge < -0.3 is 11.1 Å². The molecule has 4 nitrogen and oxygen atoms in total. The number of hydrogen-bond acceptors (Lipinski definition) is 3. The molecule has 0 spiro atoms. The zero-order valence-electron chi connectivity index (χ0n) is 10.7. The molecule has 0 aliphatic heterocycles. The summed E-state index contributed by atoms with van der Waals surface area (Å²) in [5.74, 6) is -0.489. The van der Waals surface area contributed by atoms with E-state index in [0.717, 1.165) is 18.4 Å². The van der Waals surface area contributed by atoms with Crippen LogP contribution in [0.25, 0.3) is 0 Å². The highest BCUT2D eigenvalue weighted by Gasteiger charge is 2.11. The fraction of sp³-hybridized carbons (Fsp3) is 0.538. The van der Waals surface area contributed by atoms with Crippen LogP contribution in [0.2, 0.25) is 0 Å². The van der Waals surface area contributed by atoms with Gasteiger partial charge >= 0.3 is 0 Å². The lowest BCUT2D eigenvalue weighted by Gasteiger charge is -2.21. The number of nitrogens with two attached hydrogens (primary N) is 1. The minimum Gasteiger partial charge on any atom is -0.364 e. The van der Waals surface area contributed by atoms with Crippen molar-refractivity contribution in [3.8, 4) is 0 Å². The molecular formula is C13H21N3O. The first-order valence-electron chi connectivity index (χ1n) is 6.10. The van der Waals surface area contributed by atoms with Crippen molar-refractivity contribution in [1.29, 1.82) is 0 Å². The van der Waals surface area contributed by atoms with Gasteiger partial charge in [-0.05, 0) is 31.4 Å². The molecule has 94 valence electrons. The van der Waals surface area contributed by atoms with Gasteiger partial charge in [0.05, 0.1) is 0 Å². The molecule has 0 fully saturated rings. The lowest BCUT2D eigenvalue weighted by Crippen LogP contribution is -2.30. The van der Waals surface area contributed by atoms with Crippen molar-refractivity contribution >= 4 is 5.91 Å². The maximum absolute atomic E-state index is 10.9. The van der Waals surface area contributed by atoms with Crippen LogP contribution in [0.15, 0.2) is 18.3 Å². The Morgan fingerprint density at radius 2 is 2.06 bits per heavy atom. The molecule has 0 aliphatic rings. The summed E-state index contributed by atoms with van der Waals surface area (Å²) < 4.78 is 0. The van der Waals surface area contributed by atoms with E-state index in [9.17, 15) is 4.79 Å². The van der Waals surface area contributed by atoms with Crippen LogP contribution in [0.1, 0.15) is 55.7 Å². The Morgan fingerprint density at radius 3 is 2.47 bits per heavy atom. The topological polar surface area (TPSA) is 68.0 Å². The molecule has 4 heteroatoms. The predicted molar refractivity (Wildman–Crippen MR) is 68.7 cm³/mol. The molecule has 1 heterocycles. The molecule has 1 atom stereocenters. The molecule has 0 aromatic carbocycles. The van der Waals surface area contributed by atoms with Crippen molar-refractivity contribution in [2.75, 3.05) is 0 Å². The summed E-state index contributed by atoms with van der Waals surface area (Å²) in [6.07, 6.45) is 3.92. The quantitative estimate of drug-likeness (QED) is 0.792. The van der Waals surface area contributed by atoms with E-state index in [4.69, 9.17) is 5.73 Å². The molecule has 0 saturated heterocycles. The van der Waals surface area contributed by atoms with Crippen LogP contribution in [-0.4, -0.2) is 16.9 Å². The molecule has 1 rings (SSSR count). The van der Waals surface area contributed by atoms with Gasteiger partial charge in [-0.25, -0.2) is 0 Å². The molecule has 0 aliphatic carbocycles. The van der Waals surface area contributed by atoms with E-state index in [1.54, 1.807) is 12.3 Å². The van der Waals surface area contributed by atoms with E-state index in [-0.39, 0.29) is 6.04 Å². The number of amides is 1. The fourth-order valence-electron chi connectivity index (χ4n) is 1.78. The molecule has 1 unspecified atom stereocenters. The molecule has 1 aromatic heterocycles. The van der Waals surface area contributed by atoms with Crippen molar-refractivity contribution < 1.29 is 4.79 Å². The second-order valence-corrected chi connectivity index (χ2v) is 4.24. The number of carbonyl (C=O) groups is 1. The summed E-state index contributed by atoms with van der Waals surface area (Å²) in [5, 5.41) is 3.53. The first-order valence-corrected chi connectivity index (χ1v) is 6.10. The number of carbonyl (C=O) groups excluding carboxylic acids is 1. The summed E-state index contributed by atoms with van der Waals surface area (Å²) in [6, 6.07) is 4.31. The molecule has 1 amide bonds. The smallest absolute Gasteiger partial charge is 0.267 e. The summed E-state index contributed by atoms with van der Waals surface area (Å²) in [5.41, 5.74) is 6.53. The Kier molecular flexibility index (Phi) is 5.10. The fourth-order valence-corrected chi connectivity index (χ4v) is 1.78. The Labute approximate surface area is 103 Å². The first kappa shape index (κ1) is 13.6. The standard InChI is InChI=1S/C13H21N3O/c1-4-11(5-2)16-9(3)10-6-7-12(13(14)17)15-8-10/h6-9,11,16H,4-5H2,1-3H3,(H2,14,17). The van der Waals surface area contributed by atoms with Crippen LogP contribution in [0.5, 0.6) is 0 Å². The number of primary amides is 1. The van der Waals surface area contributed by atoms with Gasteiger partial charge in [0.25, 0.3) is 5.91 Å². The molecule has 3 N–H and O–H groups in total. The van der Waals surface area contributed by atoms with E-state index in [0.29, 0.717) is 11.7 Å². The van der Waals surface area contributed by atoms with E-state index in [2.05, 4.69) is 31.1 Å². The van der Waals surface area contributed by atoms with Gasteiger partial charge in [0.1, 0.15) is 5.69 Å². The van der Waals surface area contributed by atoms with Gasteiger partial charge in [-0.15, -0.1) is 0 Å². The SMILES string of the molecule is CCC(CC)NC(C)c1ccc(C(N)=O)nc1. The van der Waals surface area contributed by atoms with Crippen LogP contribution in [0.4, 0.5) is 0 Å². The van der Waals surface area contributed by atoms with Gasteiger partial charge in [0, 0.05) is 18.3 Å². The summed E-state index contributed by atoms with van der Waals surface area (Å²) >= 11 is 0. The van der Waals surface area contributed by atoms with Gasteiger partial charge in [-0.2, -0.15) is 0 Å². The minimum atomic E-state index is -0.489. The van der Waals surface area contributed by atoms with Gasteiger partial charge in [-0.1, -0.05) is 19.9 Å². The van der Waals surface area contributed by atoms with Crippen LogP contribution < -0.4 is 11.1 Å². The van der Waals surface area contributed by atoms with Crippen molar-refractivity contribution in [3.63, 3.8) is 0 Å². The average molecular weight is 235 g/mol. The molecule has 0 bridgehead atoms. The van der Waals surface area contributed by atoms with E-state index < -0.39 is 5.91 Å². The Balaban J connectivity index is 2.69. The highest BCUT2D eigenvalue weighted by Crippen LogP contribution is 2.13. The third-order valence-electron chi connectivity index (χ3n) is 3.01. The molecule has 17 heavy (non-hydrogen) atoms. The average Bonchev–Trinajstić information content (AvgIpc) is 2.35. The second kappa shape index (κ2) is 6.35. The van der Waals surface area contributed by atoms with Gasteiger partial charge in [0.2, 0.25) is 0 Å². The number of rotatable bonds is 6. The van der Waals surface area contributed by atoms with Crippen molar-refractivity contribution in [2.24, 2.45) is 5.73 Å². The molecular weight excluding hydrogens is 214 g/mol. The summed E-state index contributed by atoms with van der Waals surface area (Å²) in [4.78, 5) is 14.9. The third-order valence-corrected chi connectivity index (χ3v) is 3.01. The molecule has 0 radical (unpaired) electrons. The van der Waals surface area contributed by atoms with E-state index in [1.807, 2.05) is 6.07 Å². The zero-order valence-corrected chi connectivity index (χ0v) is 10.7. The van der Waals surface area contributed by atoms with Crippen LogP contribution in [0.3, 0.4) is 0 Å². The number of nitrogens with zero attached hydrogens (tertiary/aromatic N) is 1. The zero-order chi connectivity index (χ0) is 12.8. The largest absolute Gasteiger partial charge is 0.364 e. The second-order valence-electron chi connectivity index (χ2n) is 4.24. The van der Waals surface area contributed by atoms with Crippen LogP contribution in [-0.2, 0) is 0 Å². The third kappa shape index (κ3) is 3.82. The number of pyridine rings is 1. The minimum absolute atomic E-state index is 0.231. The maximum Gasteiger partial charge on any atom is 0.267 e. The van der Waals surface area contributed by atoms with E-state index in [1.165, 1.54) is 0 Å². The Morgan fingerprint density at radius 1 is 1.41 bits per heavy atom. The molecule has 1 aromatic rings. The molecule has 0 saturated carbocycles. The van der Waals surface area contributed by atoms with Crippen molar-refractivity contribution in [1.82, 2.24) is 10.3 Å². The first-order chi connectivity index (χ1) is 8.08. The highest BCUT2D eigenvalue weighted by molar-refractivity contribution is 5.90. The number of aromatic nitrogens is 1. The van der Waals surface area contributed by atoms with Crippen LogP contribution >= 0.6 is 0 Å². The maximum atomic E-state index is 10.9. The monoisotopic (exact) mass is 235 g/mol. The lowest BCUT2D eigenvalue weighted by atomic mass is 10.1. The van der Waals surface area contributed by atoms with E-state index >= 15 is 0 Å². The number of hydrogen-bond donors (Lipinski definition) is 2. The van der Waals surface area contributed by atoms with Crippen LogP contribution in [0, 0.1) is 0 Å². The summed E-state index contributed by atoms with van der Waals surface area (Å²) in [6.45, 7) is 6.43. The van der Waals surface area contributed by atoms with Crippen molar-refractivity contribution in [2.45, 2.75) is 45.7 Å². The van der Waals surface area contributed by atoms with Gasteiger partial charge in [-0.3, -0.25) is 9.78 Å². The predicted octanol–water partition coefficient (Wildman–Crippen LogP) is 2.02. The Hall–Kier alpha value is -1.42. The van der Waals surface area contributed by atoms with Gasteiger partial charge in [0.15, 0.2) is 0 Å². The van der Waals surface area contributed by atoms with Crippen molar-refractivity contribution in [3.05, 3.63) is 29.6 Å². The summed E-state index contributed by atoms with van der Waals surface area (Å²) in [7, 11) is 0. The highest BCUT2D eigenvalue weighted by atomic mass is 16.1. The lowest BCUT2D eigenvalue weighted by molar-refractivity contribution is 0.0995. The number of nitrogens with one attached hydrogen (secondary N) is 1.